The van der Waals surface area contributed by atoms with E-state index < -0.39 is 0 Å². The molecule has 3 N–H and O–H groups in total. The summed E-state index contributed by atoms with van der Waals surface area (Å²) in [5.41, 5.74) is 0.273. The van der Waals surface area contributed by atoms with Gasteiger partial charge in [-0.25, -0.2) is 4.98 Å². The van der Waals surface area contributed by atoms with Crippen molar-refractivity contribution in [3.63, 3.8) is 0 Å². The number of hydrogen-bond acceptors (Lipinski definition) is 6. The zero-order valence-corrected chi connectivity index (χ0v) is 13.4. The maximum Gasteiger partial charge on any atom is 0.226 e. The third kappa shape index (κ3) is 3.11. The number of rotatable bonds is 7. The van der Waals surface area contributed by atoms with Crippen molar-refractivity contribution < 1.29 is 5.11 Å². The van der Waals surface area contributed by atoms with Crippen molar-refractivity contribution >= 4 is 33.3 Å². The van der Waals surface area contributed by atoms with Crippen LogP contribution in [0.1, 0.15) is 31.1 Å². The van der Waals surface area contributed by atoms with Crippen LogP contribution in [-0.2, 0) is 0 Å². The molecule has 1 aliphatic carbocycles. The molecule has 21 heavy (non-hydrogen) atoms. The molecule has 1 aliphatic rings. The molecule has 2 aromatic heterocycles. The molecule has 6 heteroatoms. The molecule has 2 heterocycles. The largest absolute Gasteiger partial charge is 0.396 e. The van der Waals surface area contributed by atoms with Crippen LogP contribution < -0.4 is 10.6 Å². The average molecular weight is 306 g/mol. The van der Waals surface area contributed by atoms with Crippen molar-refractivity contribution in [1.82, 2.24) is 9.97 Å². The van der Waals surface area contributed by atoms with Gasteiger partial charge in [0.05, 0.1) is 5.39 Å². The average Bonchev–Trinajstić information content (AvgIpc) is 3.10. The van der Waals surface area contributed by atoms with Gasteiger partial charge in [-0.1, -0.05) is 0 Å². The van der Waals surface area contributed by atoms with E-state index in [1.165, 1.54) is 17.7 Å². The zero-order chi connectivity index (χ0) is 14.9. The van der Waals surface area contributed by atoms with Crippen LogP contribution in [-0.4, -0.2) is 34.8 Å². The first kappa shape index (κ1) is 14.5. The van der Waals surface area contributed by atoms with E-state index >= 15 is 0 Å². The van der Waals surface area contributed by atoms with Gasteiger partial charge in [0.1, 0.15) is 10.6 Å². The van der Waals surface area contributed by atoms with E-state index in [1.807, 2.05) is 6.92 Å². The Morgan fingerprint density at radius 1 is 1.33 bits per heavy atom. The Kier molecular flexibility index (Phi) is 3.99. The van der Waals surface area contributed by atoms with Crippen molar-refractivity contribution in [1.29, 1.82) is 0 Å². The lowest BCUT2D eigenvalue weighted by Gasteiger charge is -2.16. The highest BCUT2D eigenvalue weighted by molar-refractivity contribution is 7.18. The van der Waals surface area contributed by atoms with Crippen LogP contribution in [0.2, 0.25) is 0 Å². The summed E-state index contributed by atoms with van der Waals surface area (Å²) < 4.78 is 0. The highest BCUT2D eigenvalue weighted by atomic mass is 32.1. The van der Waals surface area contributed by atoms with Crippen molar-refractivity contribution in [2.75, 3.05) is 30.3 Å². The molecule has 0 radical (unpaired) electrons. The Balaban J connectivity index is 1.85. The van der Waals surface area contributed by atoms with Crippen LogP contribution in [0.25, 0.3) is 10.2 Å². The number of aromatic nitrogens is 2. The molecule has 0 unspecified atom stereocenters. The van der Waals surface area contributed by atoms with Gasteiger partial charge in [-0.15, -0.1) is 11.3 Å². The Morgan fingerprint density at radius 3 is 2.81 bits per heavy atom. The van der Waals surface area contributed by atoms with E-state index in [0.29, 0.717) is 5.95 Å². The van der Waals surface area contributed by atoms with Gasteiger partial charge in [-0.3, -0.25) is 0 Å². The van der Waals surface area contributed by atoms with Gasteiger partial charge >= 0.3 is 0 Å². The van der Waals surface area contributed by atoms with E-state index in [-0.39, 0.29) is 12.0 Å². The number of hydrogen-bond donors (Lipinski definition) is 3. The van der Waals surface area contributed by atoms with Crippen LogP contribution in [0.5, 0.6) is 0 Å². The molecule has 1 fully saturated rings. The Hall–Kier alpha value is -1.40. The summed E-state index contributed by atoms with van der Waals surface area (Å²) in [5, 5.41) is 16.9. The van der Waals surface area contributed by atoms with Crippen molar-refractivity contribution in [3.05, 3.63) is 10.9 Å². The number of aliphatic hydroxyl groups excluding tert-OH is 1. The van der Waals surface area contributed by atoms with Crippen molar-refractivity contribution in [2.45, 2.75) is 33.1 Å². The molecule has 114 valence electrons. The van der Waals surface area contributed by atoms with Crippen LogP contribution in [0.3, 0.4) is 0 Å². The van der Waals surface area contributed by atoms with Gasteiger partial charge in [-0.2, -0.15) is 4.98 Å². The Labute approximate surface area is 128 Å². The maximum atomic E-state index is 9.17. The molecule has 0 spiro atoms. The number of fused-ring (bicyclic) bond motifs is 1. The fourth-order valence-corrected chi connectivity index (χ4v) is 3.49. The number of anilines is 2. The van der Waals surface area contributed by atoms with Gasteiger partial charge in [0.25, 0.3) is 0 Å². The molecule has 0 atom stereocenters. The van der Waals surface area contributed by atoms with Gasteiger partial charge in [-0.05, 0) is 44.6 Å². The molecule has 0 aromatic carbocycles. The predicted octanol–water partition coefficient (Wildman–Crippen LogP) is 3.01. The second-order valence-electron chi connectivity index (χ2n) is 5.83. The van der Waals surface area contributed by atoms with Gasteiger partial charge in [0, 0.05) is 24.6 Å². The first-order chi connectivity index (χ1) is 10.2. The van der Waals surface area contributed by atoms with Crippen molar-refractivity contribution in [3.8, 4) is 0 Å². The fourth-order valence-electron chi connectivity index (χ4n) is 2.61. The number of nitrogens with one attached hydrogen (secondary N) is 2. The predicted molar refractivity (Wildman–Crippen MR) is 88.2 cm³/mol. The van der Waals surface area contributed by atoms with Crippen LogP contribution >= 0.6 is 11.3 Å². The van der Waals surface area contributed by atoms with Gasteiger partial charge in [0.15, 0.2) is 0 Å². The van der Waals surface area contributed by atoms with E-state index in [9.17, 15) is 0 Å². The van der Waals surface area contributed by atoms with E-state index in [2.05, 4.69) is 33.6 Å². The quantitative estimate of drug-likeness (QED) is 0.733. The molecule has 1 saturated carbocycles. The standard InChI is InChI=1S/C15H22N4OS/c1-3-16-14-18-12(11-8-10(2)21-13(11)19-14)17-9-15(4-5-15)6-7-20/h8,20H,3-7,9H2,1-2H3,(H2,16,17,18,19). The lowest BCUT2D eigenvalue weighted by molar-refractivity contribution is 0.253. The number of aliphatic hydroxyl groups is 1. The molecule has 0 amide bonds. The van der Waals surface area contributed by atoms with Crippen molar-refractivity contribution in [2.24, 2.45) is 5.41 Å². The van der Waals surface area contributed by atoms with Gasteiger partial charge in [0.2, 0.25) is 5.95 Å². The second kappa shape index (κ2) is 5.77. The topological polar surface area (TPSA) is 70.1 Å². The lowest BCUT2D eigenvalue weighted by Crippen LogP contribution is -2.18. The molecule has 3 rings (SSSR count). The summed E-state index contributed by atoms with van der Waals surface area (Å²) in [6, 6.07) is 2.14. The summed E-state index contributed by atoms with van der Waals surface area (Å²) in [6.07, 6.45) is 3.26. The smallest absolute Gasteiger partial charge is 0.226 e. The molecule has 2 aromatic rings. The van der Waals surface area contributed by atoms with Gasteiger partial charge < -0.3 is 15.7 Å². The molecule has 0 bridgehead atoms. The van der Waals surface area contributed by atoms with Crippen LogP contribution in [0, 0.1) is 12.3 Å². The maximum absolute atomic E-state index is 9.17. The highest BCUT2D eigenvalue weighted by Gasteiger charge is 2.41. The summed E-state index contributed by atoms with van der Waals surface area (Å²) in [4.78, 5) is 11.4. The van der Waals surface area contributed by atoms with E-state index in [4.69, 9.17) is 5.11 Å². The second-order valence-corrected chi connectivity index (χ2v) is 7.06. The Bertz CT molecular complexity index is 636. The minimum atomic E-state index is 0.265. The molecular weight excluding hydrogens is 284 g/mol. The van der Waals surface area contributed by atoms with Crippen LogP contribution in [0.15, 0.2) is 6.07 Å². The molecule has 5 nitrogen and oxygen atoms in total. The highest BCUT2D eigenvalue weighted by Crippen LogP contribution is 2.48. The number of aryl methyl sites for hydroxylation is 1. The molecule has 0 aliphatic heterocycles. The first-order valence-electron chi connectivity index (χ1n) is 7.52. The summed E-state index contributed by atoms with van der Waals surface area (Å²) in [6.45, 7) is 6.09. The van der Waals surface area contributed by atoms with Crippen LogP contribution in [0.4, 0.5) is 11.8 Å². The fraction of sp³-hybridized carbons (Fsp3) is 0.600. The SMILES string of the molecule is CCNc1nc(NCC2(CCO)CC2)c2cc(C)sc2n1. The third-order valence-corrected chi connectivity index (χ3v) is 5.03. The molecule has 0 saturated heterocycles. The number of nitrogens with zero attached hydrogens (tertiary/aromatic N) is 2. The normalized spacial score (nSPS) is 16.1. The number of thiophene rings is 1. The zero-order valence-electron chi connectivity index (χ0n) is 12.6. The minimum absolute atomic E-state index is 0.265. The summed E-state index contributed by atoms with van der Waals surface area (Å²) >= 11 is 1.69. The van der Waals surface area contributed by atoms with E-state index in [1.54, 1.807) is 11.3 Å². The minimum Gasteiger partial charge on any atom is -0.396 e. The molecular formula is C15H22N4OS. The third-order valence-electron chi connectivity index (χ3n) is 4.08. The Morgan fingerprint density at radius 2 is 2.14 bits per heavy atom. The summed E-state index contributed by atoms with van der Waals surface area (Å²) in [7, 11) is 0. The lowest BCUT2D eigenvalue weighted by atomic mass is 10.0. The monoisotopic (exact) mass is 306 g/mol. The first-order valence-corrected chi connectivity index (χ1v) is 8.34. The van der Waals surface area contributed by atoms with E-state index in [0.717, 1.165) is 35.5 Å². The summed E-state index contributed by atoms with van der Waals surface area (Å²) in [5.74, 6) is 1.59.